The molecule has 1 aliphatic heterocycles. The van der Waals surface area contributed by atoms with E-state index in [-0.39, 0.29) is 12.5 Å². The molecule has 0 bridgehead atoms. The number of nitrogens with zero attached hydrogens (tertiary/aromatic N) is 3. The third kappa shape index (κ3) is 4.97. The van der Waals surface area contributed by atoms with E-state index in [0.29, 0.717) is 30.6 Å². The van der Waals surface area contributed by atoms with Crippen LogP contribution < -0.4 is 19.7 Å². The first-order valence-electron chi connectivity index (χ1n) is 10.3. The van der Waals surface area contributed by atoms with Crippen LogP contribution >= 0.6 is 0 Å². The molecule has 156 valence electrons. The largest absolute Gasteiger partial charge is 0.483 e. The second kappa shape index (κ2) is 9.43. The number of carbonyl (C=O) groups is 1. The SMILES string of the molecule is Cc1nc(OCCNC(=O)COc2cccc3ccccc23)cc(N2CCCC2)n1. The summed E-state index contributed by atoms with van der Waals surface area (Å²) in [4.78, 5) is 23.2. The summed E-state index contributed by atoms with van der Waals surface area (Å²) in [5, 5.41) is 4.88. The number of hydrogen-bond acceptors (Lipinski definition) is 6. The van der Waals surface area contributed by atoms with E-state index in [1.165, 1.54) is 12.8 Å². The number of aromatic nitrogens is 2. The van der Waals surface area contributed by atoms with Gasteiger partial charge in [-0.2, -0.15) is 4.98 Å². The van der Waals surface area contributed by atoms with Crippen molar-refractivity contribution in [2.45, 2.75) is 19.8 Å². The van der Waals surface area contributed by atoms with Crippen molar-refractivity contribution >= 4 is 22.5 Å². The zero-order valence-electron chi connectivity index (χ0n) is 17.1. The molecular formula is C23H26N4O3. The fraction of sp³-hybridized carbons (Fsp3) is 0.348. The van der Waals surface area contributed by atoms with Crippen molar-refractivity contribution < 1.29 is 14.3 Å². The molecule has 1 N–H and O–H groups in total. The molecule has 7 nitrogen and oxygen atoms in total. The molecule has 0 unspecified atom stereocenters. The van der Waals surface area contributed by atoms with E-state index in [0.717, 1.165) is 29.7 Å². The lowest BCUT2D eigenvalue weighted by molar-refractivity contribution is -0.123. The van der Waals surface area contributed by atoms with E-state index >= 15 is 0 Å². The lowest BCUT2D eigenvalue weighted by Crippen LogP contribution is -2.32. The third-order valence-corrected chi connectivity index (χ3v) is 5.01. The number of rotatable bonds is 8. The predicted molar refractivity (Wildman–Crippen MR) is 116 cm³/mol. The Labute approximate surface area is 176 Å². The number of benzene rings is 2. The highest BCUT2D eigenvalue weighted by molar-refractivity contribution is 5.88. The molecule has 0 aliphatic carbocycles. The molecule has 30 heavy (non-hydrogen) atoms. The smallest absolute Gasteiger partial charge is 0.258 e. The van der Waals surface area contributed by atoms with Gasteiger partial charge in [0.1, 0.15) is 24.0 Å². The van der Waals surface area contributed by atoms with E-state index in [4.69, 9.17) is 9.47 Å². The third-order valence-electron chi connectivity index (χ3n) is 5.01. The monoisotopic (exact) mass is 406 g/mol. The summed E-state index contributed by atoms with van der Waals surface area (Å²) < 4.78 is 11.4. The highest BCUT2D eigenvalue weighted by Crippen LogP contribution is 2.25. The topological polar surface area (TPSA) is 76.6 Å². The second-order valence-corrected chi connectivity index (χ2v) is 7.27. The minimum Gasteiger partial charge on any atom is -0.483 e. The van der Waals surface area contributed by atoms with Gasteiger partial charge in [-0.25, -0.2) is 4.98 Å². The minimum absolute atomic E-state index is 0.0419. The highest BCUT2D eigenvalue weighted by Gasteiger charge is 2.15. The van der Waals surface area contributed by atoms with E-state index in [1.807, 2.05) is 55.5 Å². The van der Waals surface area contributed by atoms with Gasteiger partial charge in [0.2, 0.25) is 5.88 Å². The number of carbonyl (C=O) groups excluding carboxylic acids is 1. The summed E-state index contributed by atoms with van der Waals surface area (Å²) in [5.41, 5.74) is 0. The van der Waals surface area contributed by atoms with E-state index in [2.05, 4.69) is 20.2 Å². The fourth-order valence-corrected chi connectivity index (χ4v) is 3.57. The van der Waals surface area contributed by atoms with Gasteiger partial charge >= 0.3 is 0 Å². The Morgan fingerprint density at radius 3 is 2.73 bits per heavy atom. The summed E-state index contributed by atoms with van der Waals surface area (Å²) >= 11 is 0. The van der Waals surface area contributed by atoms with Crippen molar-refractivity contribution in [2.24, 2.45) is 0 Å². The fourth-order valence-electron chi connectivity index (χ4n) is 3.57. The molecule has 1 saturated heterocycles. The number of fused-ring (bicyclic) bond motifs is 1. The van der Waals surface area contributed by atoms with Crippen LogP contribution in [0.3, 0.4) is 0 Å². The maximum atomic E-state index is 12.1. The Kier molecular flexibility index (Phi) is 6.27. The lowest BCUT2D eigenvalue weighted by atomic mass is 10.1. The Morgan fingerprint density at radius 1 is 1.07 bits per heavy atom. The number of anilines is 1. The van der Waals surface area contributed by atoms with Crippen LogP contribution in [0.4, 0.5) is 5.82 Å². The first-order valence-corrected chi connectivity index (χ1v) is 10.3. The molecule has 2 heterocycles. The molecule has 0 saturated carbocycles. The van der Waals surface area contributed by atoms with Crippen molar-refractivity contribution in [3.8, 4) is 11.6 Å². The van der Waals surface area contributed by atoms with Crippen LogP contribution in [-0.2, 0) is 4.79 Å². The first kappa shape index (κ1) is 19.9. The molecular weight excluding hydrogens is 380 g/mol. The Morgan fingerprint density at radius 2 is 1.87 bits per heavy atom. The molecule has 1 aliphatic rings. The van der Waals surface area contributed by atoms with Gasteiger partial charge < -0.3 is 19.7 Å². The van der Waals surface area contributed by atoms with Crippen LogP contribution in [0, 0.1) is 6.92 Å². The summed E-state index contributed by atoms with van der Waals surface area (Å²) in [6, 6.07) is 15.6. The van der Waals surface area contributed by atoms with Gasteiger partial charge in [0.05, 0.1) is 6.54 Å². The zero-order valence-corrected chi connectivity index (χ0v) is 17.1. The van der Waals surface area contributed by atoms with E-state index < -0.39 is 0 Å². The lowest BCUT2D eigenvalue weighted by Gasteiger charge is -2.17. The Balaban J connectivity index is 1.23. The maximum absolute atomic E-state index is 12.1. The van der Waals surface area contributed by atoms with Crippen molar-refractivity contribution in [1.29, 1.82) is 0 Å². The molecule has 0 atom stereocenters. The van der Waals surface area contributed by atoms with Crippen LogP contribution in [0.1, 0.15) is 18.7 Å². The number of amides is 1. The zero-order chi connectivity index (χ0) is 20.8. The van der Waals surface area contributed by atoms with Gasteiger partial charge in [-0.1, -0.05) is 36.4 Å². The van der Waals surface area contributed by atoms with E-state index in [1.54, 1.807) is 0 Å². The summed E-state index contributed by atoms with van der Waals surface area (Å²) in [6.07, 6.45) is 2.37. The average molecular weight is 406 g/mol. The summed E-state index contributed by atoms with van der Waals surface area (Å²) in [5.74, 6) is 2.63. The quantitative estimate of drug-likeness (QED) is 0.579. The first-order chi connectivity index (χ1) is 14.7. The normalized spacial score (nSPS) is 13.4. The number of hydrogen-bond donors (Lipinski definition) is 1. The molecule has 0 spiro atoms. The highest BCUT2D eigenvalue weighted by atomic mass is 16.5. The Hall–Kier alpha value is -3.35. The average Bonchev–Trinajstić information content (AvgIpc) is 3.30. The maximum Gasteiger partial charge on any atom is 0.258 e. The van der Waals surface area contributed by atoms with Gasteiger partial charge in [0, 0.05) is 24.5 Å². The van der Waals surface area contributed by atoms with Gasteiger partial charge in [-0.15, -0.1) is 0 Å². The molecule has 3 aromatic rings. The molecule has 7 heteroatoms. The van der Waals surface area contributed by atoms with Crippen LogP contribution in [0.25, 0.3) is 10.8 Å². The van der Waals surface area contributed by atoms with Crippen LogP contribution in [-0.4, -0.2) is 48.7 Å². The second-order valence-electron chi connectivity index (χ2n) is 7.27. The number of ether oxygens (including phenoxy) is 2. The standard InChI is InChI=1S/C23H26N4O3/c1-17-25-21(27-12-4-5-13-27)15-23(26-17)29-14-11-24-22(28)16-30-20-10-6-8-18-7-2-3-9-19(18)20/h2-3,6-10,15H,4-5,11-14,16H2,1H3,(H,24,28). The molecule has 1 amide bonds. The minimum atomic E-state index is -0.192. The van der Waals surface area contributed by atoms with Crippen LogP contribution in [0.5, 0.6) is 11.6 Å². The van der Waals surface area contributed by atoms with Crippen molar-refractivity contribution in [3.05, 3.63) is 54.4 Å². The Bertz CT molecular complexity index is 1010. The van der Waals surface area contributed by atoms with Crippen molar-refractivity contribution in [3.63, 3.8) is 0 Å². The van der Waals surface area contributed by atoms with Gasteiger partial charge in [-0.05, 0) is 31.2 Å². The van der Waals surface area contributed by atoms with Gasteiger partial charge in [0.25, 0.3) is 5.91 Å². The number of nitrogens with one attached hydrogen (secondary N) is 1. The summed E-state index contributed by atoms with van der Waals surface area (Å²) in [7, 11) is 0. The van der Waals surface area contributed by atoms with Crippen LogP contribution in [0.2, 0.25) is 0 Å². The van der Waals surface area contributed by atoms with Gasteiger partial charge in [0.15, 0.2) is 6.61 Å². The van der Waals surface area contributed by atoms with Crippen LogP contribution in [0.15, 0.2) is 48.5 Å². The number of aryl methyl sites for hydroxylation is 1. The molecule has 1 aromatic heterocycles. The molecule has 1 fully saturated rings. The van der Waals surface area contributed by atoms with Crippen molar-refractivity contribution in [2.75, 3.05) is 37.7 Å². The molecule has 2 aromatic carbocycles. The predicted octanol–water partition coefficient (Wildman–Crippen LogP) is 3.11. The van der Waals surface area contributed by atoms with E-state index in [9.17, 15) is 4.79 Å². The summed E-state index contributed by atoms with van der Waals surface area (Å²) in [6.45, 7) is 4.56. The molecule has 0 radical (unpaired) electrons. The van der Waals surface area contributed by atoms with Gasteiger partial charge in [-0.3, -0.25) is 4.79 Å². The molecule has 4 rings (SSSR count). The van der Waals surface area contributed by atoms with Crippen molar-refractivity contribution in [1.82, 2.24) is 15.3 Å².